The van der Waals surface area contributed by atoms with Gasteiger partial charge in [-0.25, -0.2) is 4.98 Å². The van der Waals surface area contributed by atoms with Crippen LogP contribution in [0.1, 0.15) is 16.1 Å². The lowest BCUT2D eigenvalue weighted by Gasteiger charge is -2.07. The van der Waals surface area contributed by atoms with Crippen LogP contribution >= 0.6 is 22.9 Å². The number of ether oxygens (including phenoxy) is 1. The van der Waals surface area contributed by atoms with E-state index in [-0.39, 0.29) is 16.3 Å². The van der Waals surface area contributed by atoms with Crippen LogP contribution in [0.15, 0.2) is 53.9 Å². The quantitative estimate of drug-likeness (QED) is 0.309. The van der Waals surface area contributed by atoms with Gasteiger partial charge in [0.2, 0.25) is 5.13 Å². The number of hydrogen-bond donors (Lipinski definition) is 1. The summed E-state index contributed by atoms with van der Waals surface area (Å²) >= 11 is 7.28. The van der Waals surface area contributed by atoms with E-state index in [9.17, 15) is 14.9 Å². The predicted molar refractivity (Wildman–Crippen MR) is 122 cm³/mol. The molecule has 9 nitrogen and oxygen atoms in total. The Morgan fingerprint density at radius 3 is 2.81 bits per heavy atom. The molecule has 2 heterocycles. The molecule has 0 aliphatic heterocycles. The van der Waals surface area contributed by atoms with E-state index in [0.717, 1.165) is 11.3 Å². The summed E-state index contributed by atoms with van der Waals surface area (Å²) in [5.74, 6) is 0.362. The van der Waals surface area contributed by atoms with E-state index in [1.165, 1.54) is 34.2 Å². The zero-order valence-electron chi connectivity index (χ0n) is 16.9. The molecule has 0 saturated heterocycles. The number of hydrogen-bond acceptors (Lipinski definition) is 7. The number of nitro benzene ring substituents is 1. The van der Waals surface area contributed by atoms with Gasteiger partial charge in [0.05, 0.1) is 23.4 Å². The number of aromatic nitrogens is 3. The van der Waals surface area contributed by atoms with Crippen molar-refractivity contribution in [3.8, 4) is 22.1 Å². The largest absolute Gasteiger partial charge is 0.497 e. The van der Waals surface area contributed by atoms with Crippen molar-refractivity contribution in [2.75, 3.05) is 12.4 Å². The maximum atomic E-state index is 12.8. The van der Waals surface area contributed by atoms with Crippen molar-refractivity contribution >= 4 is 40.4 Å². The molecule has 4 aromatic rings. The highest BCUT2D eigenvalue weighted by atomic mass is 35.5. The average molecular weight is 470 g/mol. The molecular formula is C21H16ClN5O4S. The molecule has 4 rings (SSSR count). The Hall–Kier alpha value is -3.76. The van der Waals surface area contributed by atoms with Crippen LogP contribution in [0.4, 0.5) is 11.5 Å². The highest BCUT2D eigenvalue weighted by Gasteiger charge is 2.22. The summed E-state index contributed by atoms with van der Waals surface area (Å²) < 4.78 is 6.75. The number of rotatable bonds is 6. The van der Waals surface area contributed by atoms with Gasteiger partial charge in [0.25, 0.3) is 11.6 Å². The fraction of sp³-hybridized carbons (Fsp3) is 0.0952. The number of amides is 1. The minimum Gasteiger partial charge on any atom is -0.497 e. The molecule has 1 N–H and O–H groups in total. The molecule has 2 aromatic heterocycles. The maximum absolute atomic E-state index is 12.8. The van der Waals surface area contributed by atoms with Crippen LogP contribution in [-0.4, -0.2) is 32.7 Å². The van der Waals surface area contributed by atoms with Gasteiger partial charge in [-0.05, 0) is 31.2 Å². The van der Waals surface area contributed by atoms with Crippen molar-refractivity contribution < 1.29 is 14.5 Å². The van der Waals surface area contributed by atoms with Crippen LogP contribution in [0, 0.1) is 17.0 Å². The fourth-order valence-corrected chi connectivity index (χ4v) is 4.01. The molecule has 0 radical (unpaired) electrons. The summed E-state index contributed by atoms with van der Waals surface area (Å²) in [6.45, 7) is 1.77. The predicted octanol–water partition coefficient (Wildman–Crippen LogP) is 5.13. The number of nitrogens with zero attached hydrogens (tertiary/aromatic N) is 4. The second-order valence-corrected chi connectivity index (χ2v) is 7.98. The second-order valence-electron chi connectivity index (χ2n) is 6.70. The van der Waals surface area contributed by atoms with Crippen LogP contribution in [0.3, 0.4) is 0 Å². The minimum absolute atomic E-state index is 0.149. The van der Waals surface area contributed by atoms with Crippen molar-refractivity contribution in [3.05, 3.63) is 80.3 Å². The normalized spacial score (nSPS) is 10.7. The van der Waals surface area contributed by atoms with E-state index in [1.807, 2.05) is 29.6 Å². The van der Waals surface area contributed by atoms with Crippen LogP contribution in [0.25, 0.3) is 16.4 Å². The first-order chi connectivity index (χ1) is 15.4. The van der Waals surface area contributed by atoms with Gasteiger partial charge in [0.1, 0.15) is 17.1 Å². The smallest absolute Gasteiger partial charge is 0.282 e. The summed E-state index contributed by atoms with van der Waals surface area (Å²) in [5.41, 5.74) is 1.74. The van der Waals surface area contributed by atoms with Crippen molar-refractivity contribution in [1.82, 2.24) is 14.8 Å². The summed E-state index contributed by atoms with van der Waals surface area (Å²) in [4.78, 5) is 28.1. The summed E-state index contributed by atoms with van der Waals surface area (Å²) in [5, 5.41) is 21.0. The maximum Gasteiger partial charge on any atom is 0.282 e. The molecule has 11 heteroatoms. The second kappa shape index (κ2) is 8.77. The number of halogens is 1. The molecule has 0 spiro atoms. The lowest BCUT2D eigenvalue weighted by atomic mass is 10.1. The molecule has 0 unspecified atom stereocenters. The first kappa shape index (κ1) is 21.5. The Bertz CT molecular complexity index is 1330. The molecule has 0 aliphatic carbocycles. The van der Waals surface area contributed by atoms with Crippen LogP contribution in [0.2, 0.25) is 5.02 Å². The Balaban J connectivity index is 1.66. The average Bonchev–Trinajstić information content (AvgIpc) is 3.40. The zero-order valence-corrected chi connectivity index (χ0v) is 18.5. The number of anilines is 1. The summed E-state index contributed by atoms with van der Waals surface area (Å²) in [7, 11) is 1.59. The first-order valence-electron chi connectivity index (χ1n) is 9.28. The number of aryl methyl sites for hydroxylation is 1. The van der Waals surface area contributed by atoms with E-state index in [1.54, 1.807) is 20.1 Å². The third-order valence-electron chi connectivity index (χ3n) is 4.51. The Kier molecular flexibility index (Phi) is 5.89. The van der Waals surface area contributed by atoms with Crippen molar-refractivity contribution in [2.24, 2.45) is 0 Å². The molecule has 162 valence electrons. The van der Waals surface area contributed by atoms with Gasteiger partial charge < -0.3 is 10.1 Å². The van der Waals surface area contributed by atoms with E-state index < -0.39 is 10.8 Å². The van der Waals surface area contributed by atoms with E-state index in [0.29, 0.717) is 22.4 Å². The fourth-order valence-electron chi connectivity index (χ4n) is 3.04. The van der Waals surface area contributed by atoms with Gasteiger partial charge in [-0.15, -0.1) is 11.3 Å². The van der Waals surface area contributed by atoms with Gasteiger partial charge in [-0.1, -0.05) is 23.7 Å². The third-order valence-corrected chi connectivity index (χ3v) is 5.56. The zero-order chi connectivity index (χ0) is 22.8. The number of nitro groups is 1. The number of carbonyl (C=O) groups is 1. The summed E-state index contributed by atoms with van der Waals surface area (Å²) in [6.07, 6.45) is 0. The number of methoxy groups -OCH3 is 1. The summed E-state index contributed by atoms with van der Waals surface area (Å²) in [6, 6.07) is 13.0. The topological polar surface area (TPSA) is 112 Å². The Labute approximate surface area is 191 Å². The highest BCUT2D eigenvalue weighted by molar-refractivity contribution is 7.12. The molecule has 0 atom stereocenters. The van der Waals surface area contributed by atoms with E-state index in [2.05, 4.69) is 15.4 Å². The monoisotopic (exact) mass is 469 g/mol. The van der Waals surface area contributed by atoms with Crippen molar-refractivity contribution in [3.63, 3.8) is 0 Å². The Morgan fingerprint density at radius 1 is 1.25 bits per heavy atom. The van der Waals surface area contributed by atoms with Gasteiger partial charge in [-0.3, -0.25) is 14.9 Å². The molecule has 32 heavy (non-hydrogen) atoms. The highest BCUT2D eigenvalue weighted by Crippen LogP contribution is 2.29. The molecular weight excluding hydrogens is 454 g/mol. The molecule has 0 fully saturated rings. The third kappa shape index (κ3) is 4.32. The van der Waals surface area contributed by atoms with Crippen LogP contribution < -0.4 is 10.1 Å². The molecule has 0 bridgehead atoms. The van der Waals surface area contributed by atoms with E-state index >= 15 is 0 Å². The first-order valence-corrected chi connectivity index (χ1v) is 10.5. The standard InChI is InChI=1S/C21H16ClN5O4S/c1-12-8-19(24-20(28)16-10-14(22)6-7-18(16)27(29)30)26(25-12)21-23-17(11-32-21)13-4-3-5-15(9-13)31-2/h3-11H,1-2H3,(H,24,28). The number of thiazole rings is 1. The lowest BCUT2D eigenvalue weighted by molar-refractivity contribution is -0.385. The van der Waals surface area contributed by atoms with E-state index in [4.69, 9.17) is 16.3 Å². The lowest BCUT2D eigenvalue weighted by Crippen LogP contribution is -2.16. The van der Waals surface area contributed by atoms with Gasteiger partial charge >= 0.3 is 0 Å². The number of benzene rings is 2. The van der Waals surface area contributed by atoms with Gasteiger partial charge in [-0.2, -0.15) is 9.78 Å². The molecule has 2 aromatic carbocycles. The van der Waals surface area contributed by atoms with Crippen molar-refractivity contribution in [2.45, 2.75) is 6.92 Å². The number of carbonyl (C=O) groups excluding carboxylic acids is 1. The van der Waals surface area contributed by atoms with Crippen LogP contribution in [-0.2, 0) is 0 Å². The molecule has 0 aliphatic rings. The van der Waals surface area contributed by atoms with Crippen LogP contribution in [0.5, 0.6) is 5.75 Å². The molecule has 1 amide bonds. The Morgan fingerprint density at radius 2 is 2.06 bits per heavy atom. The van der Waals surface area contributed by atoms with Gasteiger partial charge in [0, 0.05) is 28.1 Å². The SMILES string of the molecule is COc1cccc(-c2csc(-n3nc(C)cc3NC(=O)c3cc(Cl)ccc3[N+](=O)[O-])n2)c1. The molecule has 0 saturated carbocycles. The van der Waals surface area contributed by atoms with Crippen molar-refractivity contribution in [1.29, 1.82) is 0 Å². The minimum atomic E-state index is -0.676. The number of nitrogens with one attached hydrogen (secondary N) is 1. The van der Waals surface area contributed by atoms with Gasteiger partial charge in [0.15, 0.2) is 0 Å².